The van der Waals surface area contributed by atoms with Crippen molar-refractivity contribution in [3.8, 4) is 0 Å². The predicted molar refractivity (Wildman–Crippen MR) is 157 cm³/mol. The van der Waals surface area contributed by atoms with Crippen molar-refractivity contribution in [2.75, 3.05) is 13.1 Å². The Morgan fingerprint density at radius 2 is 1.62 bits per heavy atom. The molecule has 5 nitrogen and oxygen atoms in total. The molecule has 4 aromatic carbocycles. The summed E-state index contributed by atoms with van der Waals surface area (Å²) in [5.74, 6) is -0.0834. The van der Waals surface area contributed by atoms with Crippen LogP contribution in [0.1, 0.15) is 39.9 Å². The summed E-state index contributed by atoms with van der Waals surface area (Å²) in [7, 11) is 0. The minimum Gasteiger partial charge on any atom is -0.361 e. The number of fused-ring (bicyclic) bond motifs is 2. The summed E-state index contributed by atoms with van der Waals surface area (Å²) >= 11 is 0. The highest BCUT2D eigenvalue weighted by molar-refractivity contribution is 6.00. The first-order chi connectivity index (χ1) is 19.0. The van der Waals surface area contributed by atoms with Gasteiger partial charge in [-0.2, -0.15) is 0 Å². The second-order valence-corrected chi connectivity index (χ2v) is 10.6. The summed E-state index contributed by atoms with van der Waals surface area (Å²) in [5.41, 5.74) is 5.21. The predicted octanol–water partition coefficient (Wildman–Crippen LogP) is 6.51. The van der Waals surface area contributed by atoms with Crippen molar-refractivity contribution < 1.29 is 9.59 Å². The number of amides is 2. The fourth-order valence-corrected chi connectivity index (χ4v) is 5.29. The van der Waals surface area contributed by atoms with E-state index in [1.54, 1.807) is 4.90 Å². The van der Waals surface area contributed by atoms with Gasteiger partial charge in [0.2, 0.25) is 5.91 Å². The Bertz CT molecular complexity index is 1630. The molecule has 0 radical (unpaired) electrons. The van der Waals surface area contributed by atoms with Crippen molar-refractivity contribution in [3.63, 3.8) is 0 Å². The molecule has 5 aromatic rings. The molecule has 0 atom stereocenters. The molecule has 1 aliphatic carbocycles. The van der Waals surface area contributed by atoms with Crippen LogP contribution in [0.2, 0.25) is 0 Å². The molecule has 1 heterocycles. The summed E-state index contributed by atoms with van der Waals surface area (Å²) in [6.07, 6.45) is 4.67. The monoisotopic (exact) mass is 515 g/mol. The largest absolute Gasteiger partial charge is 0.361 e. The molecule has 0 spiro atoms. The second kappa shape index (κ2) is 10.8. The second-order valence-electron chi connectivity index (χ2n) is 10.6. The van der Waals surface area contributed by atoms with Gasteiger partial charge in [0, 0.05) is 41.8 Å². The molecular weight excluding hydrogens is 482 g/mol. The molecule has 0 aliphatic heterocycles. The van der Waals surface area contributed by atoms with E-state index in [9.17, 15) is 9.59 Å². The SMILES string of the molecule is Cc1ccc(CN(CCc2c[nH]c3ccccc23)C(=O)CN(C(=O)c2ccc3ccccc3c2)C2CC2)cc1. The average molecular weight is 516 g/mol. The Balaban J connectivity index is 1.23. The Morgan fingerprint density at radius 1 is 0.872 bits per heavy atom. The third kappa shape index (κ3) is 5.58. The zero-order valence-electron chi connectivity index (χ0n) is 22.3. The van der Waals surface area contributed by atoms with Crippen molar-refractivity contribution >= 4 is 33.5 Å². The highest BCUT2D eigenvalue weighted by Gasteiger charge is 2.35. The van der Waals surface area contributed by atoms with Crippen molar-refractivity contribution in [3.05, 3.63) is 119 Å². The molecule has 1 N–H and O–H groups in total. The fraction of sp³-hybridized carbons (Fsp3) is 0.235. The average Bonchev–Trinajstić information content (AvgIpc) is 3.73. The van der Waals surface area contributed by atoms with E-state index in [4.69, 9.17) is 0 Å². The van der Waals surface area contributed by atoms with Crippen molar-refractivity contribution in [1.29, 1.82) is 0 Å². The summed E-state index contributed by atoms with van der Waals surface area (Å²) in [6.45, 7) is 3.26. The van der Waals surface area contributed by atoms with Gasteiger partial charge in [-0.25, -0.2) is 0 Å². The number of aromatic nitrogens is 1. The molecule has 1 saturated carbocycles. The van der Waals surface area contributed by atoms with Crippen LogP contribution in [0.3, 0.4) is 0 Å². The highest BCUT2D eigenvalue weighted by Crippen LogP contribution is 2.29. The Morgan fingerprint density at radius 3 is 2.41 bits per heavy atom. The Hall–Kier alpha value is -4.38. The number of carbonyl (C=O) groups is 2. The number of para-hydroxylation sites is 1. The van der Waals surface area contributed by atoms with Crippen molar-refractivity contribution in [1.82, 2.24) is 14.8 Å². The van der Waals surface area contributed by atoms with Crippen LogP contribution in [0.4, 0.5) is 0 Å². The summed E-state index contributed by atoms with van der Waals surface area (Å²) in [4.78, 5) is 34.6. The van der Waals surface area contributed by atoms with E-state index in [1.807, 2.05) is 65.7 Å². The normalized spacial score (nSPS) is 13.1. The van der Waals surface area contributed by atoms with Gasteiger partial charge in [-0.15, -0.1) is 0 Å². The van der Waals surface area contributed by atoms with Crippen LogP contribution in [0, 0.1) is 6.92 Å². The van der Waals surface area contributed by atoms with Crippen LogP contribution in [-0.2, 0) is 17.8 Å². The van der Waals surface area contributed by atoms with Crippen LogP contribution >= 0.6 is 0 Å². The van der Waals surface area contributed by atoms with E-state index in [-0.39, 0.29) is 24.4 Å². The van der Waals surface area contributed by atoms with Gasteiger partial charge in [0.05, 0.1) is 0 Å². The number of hydrogen-bond donors (Lipinski definition) is 1. The number of benzene rings is 4. The van der Waals surface area contributed by atoms with Crippen LogP contribution in [0.5, 0.6) is 0 Å². The van der Waals surface area contributed by atoms with Crippen molar-refractivity contribution in [2.45, 2.75) is 38.8 Å². The molecule has 6 rings (SSSR count). The van der Waals surface area contributed by atoms with Gasteiger partial charge in [-0.05, 0) is 66.3 Å². The molecule has 1 fully saturated rings. The van der Waals surface area contributed by atoms with Gasteiger partial charge in [0.25, 0.3) is 5.91 Å². The first-order valence-corrected chi connectivity index (χ1v) is 13.7. The van der Waals surface area contributed by atoms with Gasteiger partial charge >= 0.3 is 0 Å². The van der Waals surface area contributed by atoms with Crippen LogP contribution in [0.15, 0.2) is 97.2 Å². The lowest BCUT2D eigenvalue weighted by Crippen LogP contribution is -2.44. The van der Waals surface area contributed by atoms with Crippen LogP contribution < -0.4 is 0 Å². The number of hydrogen-bond acceptors (Lipinski definition) is 2. The molecular formula is C34H33N3O2. The number of aromatic amines is 1. The number of nitrogens with one attached hydrogen (secondary N) is 1. The molecule has 1 aromatic heterocycles. The van der Waals surface area contributed by atoms with Crippen molar-refractivity contribution in [2.24, 2.45) is 0 Å². The minimum atomic E-state index is -0.0662. The molecule has 39 heavy (non-hydrogen) atoms. The first kappa shape index (κ1) is 24.9. The maximum atomic E-state index is 13.9. The van der Waals surface area contributed by atoms with E-state index in [0.29, 0.717) is 18.7 Å². The molecule has 2 amide bonds. The maximum absolute atomic E-state index is 13.9. The van der Waals surface area contributed by atoms with Crippen LogP contribution in [0.25, 0.3) is 21.7 Å². The third-order valence-electron chi connectivity index (χ3n) is 7.72. The smallest absolute Gasteiger partial charge is 0.254 e. The van der Waals surface area contributed by atoms with Crippen LogP contribution in [-0.4, -0.2) is 45.7 Å². The standard InChI is InChI=1S/C34H33N3O2/c1-24-10-12-25(13-11-24)22-36(19-18-29-21-35-32-9-5-4-8-31(29)32)33(38)23-37(30-16-17-30)34(39)28-15-14-26-6-2-3-7-27(26)20-28/h2-15,20-21,30,35H,16-19,22-23H2,1H3. The first-order valence-electron chi connectivity index (χ1n) is 13.7. The lowest BCUT2D eigenvalue weighted by molar-refractivity contribution is -0.132. The van der Waals surface area contributed by atoms with Gasteiger partial charge in [0.15, 0.2) is 0 Å². The van der Waals surface area contributed by atoms with Gasteiger partial charge in [0.1, 0.15) is 6.54 Å². The summed E-state index contributed by atoms with van der Waals surface area (Å²) in [5, 5.41) is 3.32. The number of rotatable bonds is 9. The molecule has 0 saturated heterocycles. The lowest BCUT2D eigenvalue weighted by atomic mass is 10.1. The molecule has 196 valence electrons. The van der Waals surface area contributed by atoms with E-state index in [0.717, 1.165) is 41.1 Å². The molecule has 0 unspecified atom stereocenters. The van der Waals surface area contributed by atoms with Gasteiger partial charge in [-0.1, -0.05) is 78.4 Å². The van der Waals surface area contributed by atoms with E-state index < -0.39 is 0 Å². The number of H-pyrrole nitrogens is 1. The number of aryl methyl sites for hydroxylation is 1. The molecule has 5 heteroatoms. The maximum Gasteiger partial charge on any atom is 0.254 e. The van der Waals surface area contributed by atoms with E-state index >= 15 is 0 Å². The molecule has 0 bridgehead atoms. The molecule has 1 aliphatic rings. The topological polar surface area (TPSA) is 56.4 Å². The van der Waals surface area contributed by atoms with Gasteiger partial charge < -0.3 is 14.8 Å². The highest BCUT2D eigenvalue weighted by atomic mass is 16.2. The third-order valence-corrected chi connectivity index (χ3v) is 7.72. The quantitative estimate of drug-likeness (QED) is 0.243. The summed E-state index contributed by atoms with van der Waals surface area (Å²) in [6, 6.07) is 30.6. The Labute approximate surface area is 229 Å². The number of carbonyl (C=O) groups excluding carboxylic acids is 2. The number of nitrogens with zero attached hydrogens (tertiary/aromatic N) is 2. The lowest BCUT2D eigenvalue weighted by Gasteiger charge is -2.28. The fourth-order valence-electron chi connectivity index (χ4n) is 5.29. The van der Waals surface area contributed by atoms with E-state index in [2.05, 4.69) is 48.3 Å². The van der Waals surface area contributed by atoms with Gasteiger partial charge in [-0.3, -0.25) is 9.59 Å². The zero-order chi connectivity index (χ0) is 26.8. The zero-order valence-corrected chi connectivity index (χ0v) is 22.3. The van der Waals surface area contributed by atoms with E-state index in [1.165, 1.54) is 16.5 Å². The minimum absolute atomic E-state index is 0.0172. The summed E-state index contributed by atoms with van der Waals surface area (Å²) < 4.78 is 0. The Kier molecular flexibility index (Phi) is 6.89.